The number of nitrogens with zero attached hydrogens (tertiary/aromatic N) is 1. The van der Waals surface area contributed by atoms with E-state index in [1.54, 1.807) is 18.3 Å². The minimum absolute atomic E-state index is 0.0687. The molecule has 1 aromatic carbocycles. The number of nitrogens with one attached hydrogen (secondary N) is 1. The third-order valence-corrected chi connectivity index (χ3v) is 3.52. The third kappa shape index (κ3) is 1.76. The number of aromatic amines is 1. The number of carbonyl (C=O) groups excluding carboxylic acids is 1. The van der Waals surface area contributed by atoms with Crippen LogP contribution in [0.5, 0.6) is 0 Å². The van der Waals surface area contributed by atoms with E-state index in [1.807, 2.05) is 35.7 Å². The average Bonchev–Trinajstić information content (AvgIpc) is 2.96. The summed E-state index contributed by atoms with van der Waals surface area (Å²) in [6.45, 7) is 1.57. The lowest BCUT2D eigenvalue weighted by Crippen LogP contribution is -1.90. The molecular formula is C13H10N2OS. The Balaban J connectivity index is 2.16. The molecule has 17 heavy (non-hydrogen) atoms. The Morgan fingerprint density at radius 2 is 2.24 bits per heavy atom. The van der Waals surface area contributed by atoms with Gasteiger partial charge in [-0.1, -0.05) is 6.07 Å². The molecule has 4 heteroatoms. The van der Waals surface area contributed by atoms with E-state index in [0.29, 0.717) is 5.56 Å². The van der Waals surface area contributed by atoms with Gasteiger partial charge in [-0.05, 0) is 36.6 Å². The van der Waals surface area contributed by atoms with E-state index in [4.69, 9.17) is 0 Å². The quantitative estimate of drug-likeness (QED) is 0.699. The highest BCUT2D eigenvalue weighted by Crippen LogP contribution is 2.24. The Kier molecular flexibility index (Phi) is 2.30. The minimum atomic E-state index is 0.0687. The van der Waals surface area contributed by atoms with Crippen LogP contribution in [0.2, 0.25) is 0 Å². The maximum Gasteiger partial charge on any atom is 0.159 e. The smallest absolute Gasteiger partial charge is 0.159 e. The van der Waals surface area contributed by atoms with Crippen molar-refractivity contribution < 1.29 is 4.79 Å². The fraction of sp³-hybridized carbons (Fsp3) is 0.0769. The van der Waals surface area contributed by atoms with Crippen LogP contribution in [0, 0.1) is 0 Å². The van der Waals surface area contributed by atoms with Crippen LogP contribution in [-0.4, -0.2) is 15.8 Å². The lowest BCUT2D eigenvalue weighted by atomic mass is 10.1. The molecule has 0 saturated heterocycles. The first-order valence-corrected chi connectivity index (χ1v) is 6.16. The molecule has 0 aliphatic carbocycles. The molecule has 0 aliphatic heterocycles. The minimum Gasteiger partial charge on any atom is -0.337 e. The Bertz CT molecular complexity index is 683. The van der Waals surface area contributed by atoms with Crippen molar-refractivity contribution in [1.29, 1.82) is 0 Å². The molecule has 1 N–H and O–H groups in total. The largest absolute Gasteiger partial charge is 0.337 e. The Hall–Kier alpha value is -1.94. The summed E-state index contributed by atoms with van der Waals surface area (Å²) in [5, 5.41) is 2.02. The summed E-state index contributed by atoms with van der Waals surface area (Å²) in [4.78, 5) is 20.1. The Morgan fingerprint density at radius 3 is 2.94 bits per heavy atom. The predicted molar refractivity (Wildman–Crippen MR) is 69.4 cm³/mol. The number of aromatic nitrogens is 2. The van der Waals surface area contributed by atoms with Gasteiger partial charge in [0.1, 0.15) is 5.82 Å². The molecule has 0 aliphatic rings. The first-order chi connectivity index (χ1) is 8.24. The third-order valence-electron chi connectivity index (χ3n) is 2.64. The van der Waals surface area contributed by atoms with Crippen molar-refractivity contribution in [2.45, 2.75) is 6.92 Å². The zero-order valence-electron chi connectivity index (χ0n) is 9.23. The lowest BCUT2D eigenvalue weighted by Gasteiger charge is -1.93. The van der Waals surface area contributed by atoms with Gasteiger partial charge in [-0.3, -0.25) is 4.79 Å². The van der Waals surface area contributed by atoms with E-state index in [9.17, 15) is 4.79 Å². The Morgan fingerprint density at radius 1 is 1.35 bits per heavy atom. The summed E-state index contributed by atoms with van der Waals surface area (Å²) in [5.74, 6) is 0.926. The first-order valence-electron chi connectivity index (χ1n) is 5.28. The van der Waals surface area contributed by atoms with Crippen molar-refractivity contribution in [2.75, 3.05) is 0 Å². The average molecular weight is 242 g/mol. The second kappa shape index (κ2) is 3.82. The normalized spacial score (nSPS) is 10.9. The van der Waals surface area contributed by atoms with E-state index in [2.05, 4.69) is 9.97 Å². The van der Waals surface area contributed by atoms with E-state index in [0.717, 1.165) is 21.7 Å². The highest BCUT2D eigenvalue weighted by Gasteiger charge is 2.07. The summed E-state index contributed by atoms with van der Waals surface area (Å²) in [7, 11) is 0. The van der Waals surface area contributed by atoms with Crippen LogP contribution in [0.4, 0.5) is 0 Å². The molecule has 0 bridgehead atoms. The van der Waals surface area contributed by atoms with Crippen molar-refractivity contribution in [2.24, 2.45) is 0 Å². The lowest BCUT2D eigenvalue weighted by molar-refractivity contribution is 0.101. The number of H-pyrrole nitrogens is 1. The van der Waals surface area contributed by atoms with Crippen LogP contribution in [0.1, 0.15) is 17.3 Å². The van der Waals surface area contributed by atoms with Gasteiger partial charge in [0.25, 0.3) is 0 Å². The van der Waals surface area contributed by atoms with Crippen molar-refractivity contribution in [3.05, 3.63) is 41.3 Å². The van der Waals surface area contributed by atoms with Crippen LogP contribution in [0.15, 0.2) is 35.7 Å². The maximum atomic E-state index is 11.3. The number of thiophene rings is 1. The molecule has 3 aromatic rings. The van der Waals surface area contributed by atoms with Crippen LogP contribution < -0.4 is 0 Å². The maximum absolute atomic E-state index is 11.3. The summed E-state index contributed by atoms with van der Waals surface area (Å²) in [5.41, 5.74) is 2.50. The van der Waals surface area contributed by atoms with Crippen LogP contribution in [-0.2, 0) is 0 Å². The van der Waals surface area contributed by atoms with Crippen molar-refractivity contribution in [3.63, 3.8) is 0 Å². The molecule has 0 atom stereocenters. The summed E-state index contributed by atoms with van der Waals surface area (Å²) >= 11 is 1.64. The fourth-order valence-corrected chi connectivity index (χ4v) is 2.43. The molecular weight excluding hydrogens is 232 g/mol. The fourth-order valence-electron chi connectivity index (χ4n) is 1.76. The summed E-state index contributed by atoms with van der Waals surface area (Å²) in [6.07, 6.45) is 0. The highest BCUT2D eigenvalue weighted by atomic mass is 32.1. The van der Waals surface area contributed by atoms with Gasteiger partial charge in [0.15, 0.2) is 5.78 Å². The Labute approximate surface area is 102 Å². The summed E-state index contributed by atoms with van der Waals surface area (Å²) in [6, 6.07) is 9.55. The molecule has 3 nitrogen and oxygen atoms in total. The van der Waals surface area contributed by atoms with Gasteiger partial charge in [0.05, 0.1) is 15.9 Å². The van der Waals surface area contributed by atoms with Crippen molar-refractivity contribution in [3.8, 4) is 10.7 Å². The van der Waals surface area contributed by atoms with Gasteiger partial charge >= 0.3 is 0 Å². The molecule has 0 amide bonds. The van der Waals surface area contributed by atoms with E-state index < -0.39 is 0 Å². The first kappa shape index (κ1) is 10.2. The zero-order chi connectivity index (χ0) is 11.8. The molecule has 2 aromatic heterocycles. The molecule has 0 saturated carbocycles. The van der Waals surface area contributed by atoms with Gasteiger partial charge in [-0.25, -0.2) is 4.98 Å². The number of hydrogen-bond acceptors (Lipinski definition) is 3. The van der Waals surface area contributed by atoms with Crippen molar-refractivity contribution in [1.82, 2.24) is 9.97 Å². The molecule has 84 valence electrons. The van der Waals surface area contributed by atoms with Crippen molar-refractivity contribution >= 4 is 28.2 Å². The molecule has 2 heterocycles. The van der Waals surface area contributed by atoms with E-state index >= 15 is 0 Å². The molecule has 0 radical (unpaired) electrons. The SMILES string of the molecule is CC(=O)c1ccc2nc(-c3cccs3)[nH]c2c1. The number of Topliss-reactive ketones (excluding diaryl/α,β-unsaturated/α-hetero) is 1. The number of hydrogen-bond donors (Lipinski definition) is 1. The standard InChI is InChI=1S/C13H10N2OS/c1-8(16)9-4-5-10-11(7-9)15-13(14-10)12-3-2-6-17-12/h2-7H,1H3,(H,14,15). The number of rotatable bonds is 2. The number of fused-ring (bicyclic) bond motifs is 1. The molecule has 3 rings (SSSR count). The molecule has 0 fully saturated rings. The van der Waals surface area contributed by atoms with Gasteiger partial charge in [0.2, 0.25) is 0 Å². The number of carbonyl (C=O) groups is 1. The van der Waals surface area contributed by atoms with Crippen LogP contribution in [0.25, 0.3) is 21.7 Å². The molecule has 0 unspecified atom stereocenters. The predicted octanol–water partition coefficient (Wildman–Crippen LogP) is 3.49. The zero-order valence-corrected chi connectivity index (χ0v) is 10.0. The van der Waals surface area contributed by atoms with Crippen LogP contribution in [0.3, 0.4) is 0 Å². The van der Waals surface area contributed by atoms with Crippen LogP contribution >= 0.6 is 11.3 Å². The second-order valence-corrected chi connectivity index (χ2v) is 4.80. The van der Waals surface area contributed by atoms with E-state index in [-0.39, 0.29) is 5.78 Å². The molecule has 0 spiro atoms. The summed E-state index contributed by atoms with van der Waals surface area (Å²) < 4.78 is 0. The van der Waals surface area contributed by atoms with E-state index in [1.165, 1.54) is 0 Å². The number of imidazole rings is 1. The van der Waals surface area contributed by atoms with Gasteiger partial charge in [-0.2, -0.15) is 0 Å². The number of ketones is 1. The second-order valence-electron chi connectivity index (χ2n) is 3.85. The monoisotopic (exact) mass is 242 g/mol. The highest BCUT2D eigenvalue weighted by molar-refractivity contribution is 7.13. The van der Waals surface area contributed by atoms with Gasteiger partial charge < -0.3 is 4.98 Å². The van der Waals surface area contributed by atoms with Gasteiger partial charge in [0, 0.05) is 5.56 Å². The van der Waals surface area contributed by atoms with Gasteiger partial charge in [-0.15, -0.1) is 11.3 Å². The number of benzene rings is 1. The topological polar surface area (TPSA) is 45.8 Å².